The van der Waals surface area contributed by atoms with Gasteiger partial charge in [0.25, 0.3) is 0 Å². The van der Waals surface area contributed by atoms with E-state index in [9.17, 15) is 10.1 Å². The van der Waals surface area contributed by atoms with Gasteiger partial charge < -0.3 is 0 Å². The number of benzene rings is 1. The van der Waals surface area contributed by atoms with E-state index in [0.29, 0.717) is 0 Å². The lowest BCUT2D eigenvalue weighted by Gasteiger charge is -2.04. The summed E-state index contributed by atoms with van der Waals surface area (Å²) in [5.74, 6) is 0.145. The fourth-order valence-corrected chi connectivity index (χ4v) is 2.01. The molecule has 0 heterocycles. The zero-order valence-corrected chi connectivity index (χ0v) is 7.27. The van der Waals surface area contributed by atoms with Crippen molar-refractivity contribution in [1.29, 1.82) is 0 Å². The molecule has 0 aromatic heterocycles. The Bertz CT molecular complexity index is 335. The number of rotatable bonds is 2. The minimum absolute atomic E-state index is 0.0804. The average Bonchev–Trinajstić information content (AvgIpc) is 2.48. The average molecular weight is 177 g/mol. The number of nitro groups is 1. The van der Waals surface area contributed by atoms with Crippen LogP contribution in [0.4, 0.5) is 0 Å². The largest absolute Gasteiger partial charge is 0.265 e. The van der Waals surface area contributed by atoms with Gasteiger partial charge in [-0.15, -0.1) is 0 Å². The Morgan fingerprint density at radius 1 is 1.46 bits per heavy atom. The highest BCUT2D eigenvalue weighted by atomic mass is 16.6. The summed E-state index contributed by atoms with van der Waals surface area (Å²) in [6.45, 7) is 0.0804. The molecule has 0 saturated heterocycles. The van der Waals surface area contributed by atoms with Gasteiger partial charge in [0.1, 0.15) is 0 Å². The Morgan fingerprint density at radius 2 is 2.23 bits per heavy atom. The van der Waals surface area contributed by atoms with Gasteiger partial charge in [-0.25, -0.2) is 0 Å². The van der Waals surface area contributed by atoms with Crippen LogP contribution in [-0.4, -0.2) is 11.5 Å². The number of nitrogens with zero attached hydrogens (tertiary/aromatic N) is 1. The van der Waals surface area contributed by atoms with Crippen molar-refractivity contribution in [3.8, 4) is 0 Å². The fourth-order valence-electron chi connectivity index (χ4n) is 2.01. The van der Waals surface area contributed by atoms with Gasteiger partial charge in [0.05, 0.1) is 0 Å². The van der Waals surface area contributed by atoms with Gasteiger partial charge in [0.15, 0.2) is 0 Å². The van der Waals surface area contributed by atoms with Crippen LogP contribution in [0.15, 0.2) is 24.3 Å². The van der Waals surface area contributed by atoms with Gasteiger partial charge in [-0.05, 0) is 24.0 Å². The molecule has 3 nitrogen and oxygen atoms in total. The van der Waals surface area contributed by atoms with Gasteiger partial charge in [-0.3, -0.25) is 10.1 Å². The molecular formula is C10H11NO2. The first kappa shape index (κ1) is 8.23. The molecule has 68 valence electrons. The summed E-state index contributed by atoms with van der Waals surface area (Å²) in [5, 5.41) is 10.4. The smallest absolute Gasteiger partial charge is 0.210 e. The highest BCUT2D eigenvalue weighted by molar-refractivity contribution is 5.34. The summed E-state index contributed by atoms with van der Waals surface area (Å²) >= 11 is 0. The van der Waals surface area contributed by atoms with Gasteiger partial charge in [-0.1, -0.05) is 24.3 Å². The quantitative estimate of drug-likeness (QED) is 0.512. The molecule has 0 saturated carbocycles. The normalized spacial score (nSPS) is 19.8. The van der Waals surface area contributed by atoms with Crippen molar-refractivity contribution >= 4 is 0 Å². The van der Waals surface area contributed by atoms with Crippen molar-refractivity contribution in [2.75, 3.05) is 6.54 Å². The summed E-state index contributed by atoms with van der Waals surface area (Å²) in [4.78, 5) is 10.2. The first-order chi connectivity index (χ1) is 6.27. The van der Waals surface area contributed by atoms with Crippen molar-refractivity contribution in [3.63, 3.8) is 0 Å². The Hall–Kier alpha value is -1.38. The molecule has 0 N–H and O–H groups in total. The minimum Gasteiger partial charge on any atom is -0.265 e. The number of hydrogen-bond acceptors (Lipinski definition) is 2. The Labute approximate surface area is 76.5 Å². The van der Waals surface area contributed by atoms with Crippen LogP contribution in [0.3, 0.4) is 0 Å². The third-order valence-corrected chi connectivity index (χ3v) is 2.63. The second kappa shape index (κ2) is 3.17. The maximum atomic E-state index is 10.4. The Balaban J connectivity index is 2.23. The fraction of sp³-hybridized carbons (Fsp3) is 0.400. The molecule has 0 amide bonds. The van der Waals surface area contributed by atoms with E-state index < -0.39 is 0 Å². The van der Waals surface area contributed by atoms with Crippen molar-refractivity contribution in [3.05, 3.63) is 45.5 Å². The molecule has 1 aromatic rings. The van der Waals surface area contributed by atoms with E-state index in [4.69, 9.17) is 0 Å². The van der Waals surface area contributed by atoms with Crippen molar-refractivity contribution in [1.82, 2.24) is 0 Å². The number of fused-ring (bicyclic) bond motifs is 1. The topological polar surface area (TPSA) is 43.1 Å². The van der Waals surface area contributed by atoms with Crippen LogP contribution in [0.5, 0.6) is 0 Å². The van der Waals surface area contributed by atoms with Crippen LogP contribution >= 0.6 is 0 Å². The van der Waals surface area contributed by atoms with Gasteiger partial charge in [0.2, 0.25) is 6.54 Å². The molecule has 0 radical (unpaired) electrons. The standard InChI is InChI=1S/C10H11NO2/c12-11(13)7-9-6-5-8-3-1-2-4-10(8)9/h1-4,9H,5-7H2. The van der Waals surface area contributed by atoms with E-state index in [-0.39, 0.29) is 17.4 Å². The maximum Gasteiger partial charge on any atom is 0.210 e. The van der Waals surface area contributed by atoms with E-state index in [1.807, 2.05) is 18.2 Å². The summed E-state index contributed by atoms with van der Waals surface area (Å²) in [6.07, 6.45) is 1.93. The first-order valence-corrected chi connectivity index (χ1v) is 4.47. The summed E-state index contributed by atoms with van der Waals surface area (Å²) in [6, 6.07) is 8.02. The maximum absolute atomic E-state index is 10.4. The number of aryl methyl sites for hydroxylation is 1. The Kier molecular flexibility index (Phi) is 2.00. The third kappa shape index (κ3) is 1.54. The zero-order valence-electron chi connectivity index (χ0n) is 7.27. The molecule has 1 unspecified atom stereocenters. The molecule has 1 aromatic carbocycles. The van der Waals surface area contributed by atoms with Gasteiger partial charge in [-0.2, -0.15) is 0 Å². The molecule has 0 fully saturated rings. The predicted octanol–water partition coefficient (Wildman–Crippen LogP) is 1.99. The summed E-state index contributed by atoms with van der Waals surface area (Å²) < 4.78 is 0. The predicted molar refractivity (Wildman–Crippen MR) is 49.4 cm³/mol. The van der Waals surface area contributed by atoms with E-state index in [1.165, 1.54) is 11.1 Å². The summed E-state index contributed by atoms with van der Waals surface area (Å²) in [7, 11) is 0. The highest BCUT2D eigenvalue weighted by Crippen LogP contribution is 2.32. The van der Waals surface area contributed by atoms with Crippen molar-refractivity contribution in [2.45, 2.75) is 18.8 Å². The lowest BCUT2D eigenvalue weighted by atomic mass is 10.0. The van der Waals surface area contributed by atoms with Crippen LogP contribution in [0, 0.1) is 10.1 Å². The van der Waals surface area contributed by atoms with Crippen LogP contribution in [0.25, 0.3) is 0 Å². The van der Waals surface area contributed by atoms with Crippen LogP contribution in [-0.2, 0) is 6.42 Å². The molecule has 3 heteroatoms. The molecule has 0 bridgehead atoms. The Morgan fingerprint density at radius 3 is 3.00 bits per heavy atom. The molecule has 2 rings (SSSR count). The monoisotopic (exact) mass is 177 g/mol. The molecule has 1 aliphatic carbocycles. The molecule has 1 aliphatic rings. The van der Waals surface area contributed by atoms with Crippen LogP contribution in [0.2, 0.25) is 0 Å². The zero-order chi connectivity index (χ0) is 9.26. The van der Waals surface area contributed by atoms with E-state index in [0.717, 1.165) is 12.8 Å². The molecule has 0 spiro atoms. The van der Waals surface area contributed by atoms with Gasteiger partial charge in [0, 0.05) is 10.8 Å². The van der Waals surface area contributed by atoms with Crippen LogP contribution < -0.4 is 0 Å². The molecule has 13 heavy (non-hydrogen) atoms. The lowest BCUT2D eigenvalue weighted by molar-refractivity contribution is -0.483. The minimum atomic E-state index is -0.216. The molecule has 1 atom stereocenters. The summed E-state index contributed by atoms with van der Waals surface area (Å²) in [5.41, 5.74) is 2.47. The highest BCUT2D eigenvalue weighted by Gasteiger charge is 2.25. The third-order valence-electron chi connectivity index (χ3n) is 2.63. The second-order valence-electron chi connectivity index (χ2n) is 3.45. The van der Waals surface area contributed by atoms with E-state index in [1.54, 1.807) is 0 Å². The van der Waals surface area contributed by atoms with Crippen molar-refractivity contribution < 1.29 is 4.92 Å². The van der Waals surface area contributed by atoms with Crippen molar-refractivity contribution in [2.24, 2.45) is 0 Å². The molecular weight excluding hydrogens is 166 g/mol. The van der Waals surface area contributed by atoms with Gasteiger partial charge >= 0.3 is 0 Å². The van der Waals surface area contributed by atoms with Crippen LogP contribution in [0.1, 0.15) is 23.5 Å². The van der Waals surface area contributed by atoms with E-state index >= 15 is 0 Å². The van der Waals surface area contributed by atoms with E-state index in [2.05, 4.69) is 6.07 Å². The lowest BCUT2D eigenvalue weighted by Crippen LogP contribution is -2.09. The SMILES string of the molecule is O=[N+]([O-])CC1CCc2ccccc21. The second-order valence-corrected chi connectivity index (χ2v) is 3.45. The first-order valence-electron chi connectivity index (χ1n) is 4.47. The number of hydrogen-bond donors (Lipinski definition) is 0. The molecule has 0 aliphatic heterocycles.